The predicted octanol–water partition coefficient (Wildman–Crippen LogP) is 7.10. The average Bonchev–Trinajstić information content (AvgIpc) is 3.58. The first kappa shape index (κ1) is 28.0. The highest BCUT2D eigenvalue weighted by Crippen LogP contribution is 2.40. The lowest BCUT2D eigenvalue weighted by Crippen LogP contribution is -2.42. The third-order valence-electron chi connectivity index (χ3n) is 10.2. The van der Waals surface area contributed by atoms with Gasteiger partial charge in [0, 0.05) is 61.3 Å². The van der Waals surface area contributed by atoms with Crippen molar-refractivity contribution in [3.8, 4) is 6.07 Å². The van der Waals surface area contributed by atoms with Crippen molar-refractivity contribution >= 4 is 16.7 Å². The van der Waals surface area contributed by atoms with Crippen LogP contribution in [-0.2, 0) is 19.6 Å². The van der Waals surface area contributed by atoms with Crippen molar-refractivity contribution < 1.29 is 9.18 Å². The molecule has 3 aliphatic rings. The van der Waals surface area contributed by atoms with E-state index in [4.69, 9.17) is 0 Å². The maximum Gasteiger partial charge on any atom is 0.166 e. The average molecular weight is 575 g/mol. The van der Waals surface area contributed by atoms with Gasteiger partial charge in [-0.2, -0.15) is 5.26 Å². The van der Waals surface area contributed by atoms with E-state index in [1.165, 1.54) is 11.1 Å². The molecule has 1 aromatic heterocycles. The number of nitriles is 1. The maximum atomic E-state index is 16.0. The number of halogens is 1. The van der Waals surface area contributed by atoms with Crippen LogP contribution in [0.2, 0.25) is 0 Å². The monoisotopic (exact) mass is 574 g/mol. The largest absolute Gasteiger partial charge is 0.334 e. The number of rotatable bonds is 7. The number of aromatic nitrogens is 1. The molecule has 0 bridgehead atoms. The summed E-state index contributed by atoms with van der Waals surface area (Å²) in [5, 5.41) is 10.3. The second kappa shape index (κ2) is 11.7. The lowest BCUT2D eigenvalue weighted by molar-refractivity contribution is 0.0336. The molecule has 0 spiro atoms. The summed E-state index contributed by atoms with van der Waals surface area (Å²) in [6.07, 6.45) is 6.31. The molecule has 4 aromatic rings. The molecule has 43 heavy (non-hydrogen) atoms. The van der Waals surface area contributed by atoms with E-state index in [0.29, 0.717) is 37.2 Å². The van der Waals surface area contributed by atoms with Crippen molar-refractivity contribution in [3.63, 3.8) is 0 Å². The van der Waals surface area contributed by atoms with E-state index in [2.05, 4.69) is 69.1 Å². The normalized spacial score (nSPS) is 21.2. The Labute approximate surface area is 253 Å². The molecule has 0 amide bonds. The zero-order chi connectivity index (χ0) is 29.4. The quantitative estimate of drug-likeness (QED) is 0.236. The van der Waals surface area contributed by atoms with Crippen molar-refractivity contribution in [1.82, 2.24) is 14.4 Å². The van der Waals surface area contributed by atoms with E-state index < -0.39 is 5.67 Å². The van der Waals surface area contributed by atoms with Crippen molar-refractivity contribution in [3.05, 3.63) is 107 Å². The second-order valence-corrected chi connectivity index (χ2v) is 13.0. The Kier molecular flexibility index (Phi) is 7.63. The van der Waals surface area contributed by atoms with Crippen LogP contribution in [0, 0.1) is 17.2 Å². The highest BCUT2D eigenvalue weighted by molar-refractivity contribution is 6.02. The van der Waals surface area contributed by atoms with Crippen LogP contribution < -0.4 is 0 Å². The van der Waals surface area contributed by atoms with Gasteiger partial charge in [0.05, 0.1) is 18.3 Å². The van der Waals surface area contributed by atoms with Gasteiger partial charge in [0.1, 0.15) is 5.67 Å². The summed E-state index contributed by atoms with van der Waals surface area (Å²) in [5.41, 5.74) is 5.12. The zero-order valence-corrected chi connectivity index (χ0v) is 24.7. The topological polar surface area (TPSA) is 52.3 Å². The number of likely N-dealkylation sites (tertiary alicyclic amines) is 2. The Morgan fingerprint density at radius 2 is 1.70 bits per heavy atom. The lowest BCUT2D eigenvalue weighted by Gasteiger charge is -2.37. The lowest BCUT2D eigenvalue weighted by atomic mass is 9.82. The van der Waals surface area contributed by atoms with Crippen molar-refractivity contribution in [2.75, 3.05) is 26.2 Å². The number of fused-ring (bicyclic) bond motifs is 2. The summed E-state index contributed by atoms with van der Waals surface area (Å²) in [6, 6.07) is 27.0. The SMILES string of the molecule is N#Cc1ccc2c(ccn2CN2CCC(c3ccc4c(c3)CC(CC3(F)CCN(Cc5ccccc5)CC3)C4=O)CC2)c1. The molecule has 3 heterocycles. The Balaban J connectivity index is 0.931. The Hall–Kier alpha value is -3.79. The first-order valence-electron chi connectivity index (χ1n) is 15.8. The van der Waals surface area contributed by atoms with Gasteiger partial charge in [0.25, 0.3) is 0 Å². The molecule has 2 fully saturated rings. The fraction of sp³-hybridized carbons (Fsp3) is 0.405. The molecule has 3 aromatic carbocycles. The molecule has 1 unspecified atom stereocenters. The fourth-order valence-electron chi connectivity index (χ4n) is 7.64. The number of hydrogen-bond acceptors (Lipinski definition) is 4. The van der Waals surface area contributed by atoms with Gasteiger partial charge in [0.15, 0.2) is 5.78 Å². The van der Waals surface area contributed by atoms with Crippen molar-refractivity contribution in [2.45, 2.75) is 63.3 Å². The van der Waals surface area contributed by atoms with Gasteiger partial charge in [-0.3, -0.25) is 14.6 Å². The number of ketones is 1. The van der Waals surface area contributed by atoms with Gasteiger partial charge in [-0.15, -0.1) is 0 Å². The standard InChI is InChI=1S/C37H39FN4O/c38-37(13-18-40(19-14-37)25-27-4-2-1-3-5-27)23-33-22-32-21-30(7-8-34(32)36(33)43)29-10-15-41(16-11-29)26-42-17-12-31-20-28(24-39)6-9-35(31)42/h1-9,12,17,20-21,29,33H,10-11,13-16,18-19,22-23,25-26H2. The van der Waals surface area contributed by atoms with E-state index in [1.54, 1.807) is 0 Å². The Morgan fingerprint density at radius 1 is 0.907 bits per heavy atom. The number of benzene rings is 3. The molecule has 6 heteroatoms. The van der Waals surface area contributed by atoms with Gasteiger partial charge in [-0.05, 0) is 85.4 Å². The van der Waals surface area contributed by atoms with Crippen LogP contribution in [0.25, 0.3) is 10.9 Å². The number of piperidine rings is 2. The van der Waals surface area contributed by atoms with E-state index in [1.807, 2.05) is 30.3 Å². The van der Waals surface area contributed by atoms with Crippen LogP contribution in [-0.4, -0.2) is 52.0 Å². The Morgan fingerprint density at radius 3 is 2.47 bits per heavy atom. The van der Waals surface area contributed by atoms with Crippen molar-refractivity contribution in [1.29, 1.82) is 5.26 Å². The predicted molar refractivity (Wildman–Crippen MR) is 168 cm³/mol. The summed E-state index contributed by atoms with van der Waals surface area (Å²) in [6.45, 7) is 5.22. The number of nitrogens with zero attached hydrogens (tertiary/aromatic N) is 4. The third-order valence-corrected chi connectivity index (χ3v) is 10.2. The molecular weight excluding hydrogens is 535 g/mol. The van der Waals surface area contributed by atoms with Crippen LogP contribution in [0.4, 0.5) is 4.39 Å². The highest BCUT2D eigenvalue weighted by Gasteiger charge is 2.41. The van der Waals surface area contributed by atoms with Gasteiger partial charge in [0.2, 0.25) is 0 Å². The van der Waals surface area contributed by atoms with Crippen LogP contribution in [0.1, 0.15) is 70.6 Å². The highest BCUT2D eigenvalue weighted by atomic mass is 19.1. The molecule has 2 saturated heterocycles. The van der Waals surface area contributed by atoms with Crippen LogP contribution in [0.5, 0.6) is 0 Å². The minimum absolute atomic E-state index is 0.140. The summed E-state index contributed by atoms with van der Waals surface area (Å²) in [7, 11) is 0. The van der Waals surface area contributed by atoms with Gasteiger partial charge < -0.3 is 4.57 Å². The fourth-order valence-corrected chi connectivity index (χ4v) is 7.64. The summed E-state index contributed by atoms with van der Waals surface area (Å²) in [4.78, 5) is 18.2. The van der Waals surface area contributed by atoms with Gasteiger partial charge in [-0.25, -0.2) is 4.39 Å². The van der Waals surface area contributed by atoms with Gasteiger partial charge >= 0.3 is 0 Å². The van der Waals surface area contributed by atoms with E-state index in [0.717, 1.165) is 74.3 Å². The first-order valence-corrected chi connectivity index (χ1v) is 15.8. The van der Waals surface area contributed by atoms with E-state index in [-0.39, 0.29) is 11.7 Å². The maximum absolute atomic E-state index is 16.0. The molecule has 5 nitrogen and oxygen atoms in total. The first-order chi connectivity index (χ1) is 21.0. The minimum atomic E-state index is -1.26. The molecule has 2 aliphatic heterocycles. The number of alkyl halides is 1. The molecule has 0 N–H and O–H groups in total. The zero-order valence-electron chi connectivity index (χ0n) is 24.7. The summed E-state index contributed by atoms with van der Waals surface area (Å²) < 4.78 is 18.3. The molecular formula is C37H39FN4O. The number of carbonyl (C=O) groups is 1. The van der Waals surface area contributed by atoms with Crippen LogP contribution >= 0.6 is 0 Å². The van der Waals surface area contributed by atoms with Crippen molar-refractivity contribution in [2.24, 2.45) is 5.92 Å². The molecule has 220 valence electrons. The van der Waals surface area contributed by atoms with Crippen LogP contribution in [0.15, 0.2) is 79.0 Å². The molecule has 0 radical (unpaired) electrons. The number of Topliss-reactive ketones (excluding diaryl/α,β-unsaturated/α-hetero) is 1. The molecule has 1 atom stereocenters. The van der Waals surface area contributed by atoms with Gasteiger partial charge in [-0.1, -0.05) is 48.5 Å². The summed E-state index contributed by atoms with van der Waals surface area (Å²) in [5.74, 6) is 0.385. The molecule has 0 saturated carbocycles. The third kappa shape index (κ3) is 5.89. The van der Waals surface area contributed by atoms with E-state index in [9.17, 15) is 10.1 Å². The number of carbonyl (C=O) groups excluding carboxylic acids is 1. The van der Waals surface area contributed by atoms with Crippen LogP contribution in [0.3, 0.4) is 0 Å². The molecule has 7 rings (SSSR count). The summed E-state index contributed by atoms with van der Waals surface area (Å²) >= 11 is 0. The second-order valence-electron chi connectivity index (χ2n) is 13.0. The van der Waals surface area contributed by atoms with E-state index >= 15 is 4.39 Å². The minimum Gasteiger partial charge on any atom is -0.334 e. The smallest absolute Gasteiger partial charge is 0.166 e. The number of hydrogen-bond donors (Lipinski definition) is 0. The molecule has 1 aliphatic carbocycles. The Bertz CT molecular complexity index is 1660.